The fourth-order valence-corrected chi connectivity index (χ4v) is 3.62. The minimum atomic E-state index is -0.00691. The Morgan fingerprint density at radius 1 is 1.04 bits per heavy atom. The van der Waals surface area contributed by atoms with Crippen LogP contribution in [0.15, 0.2) is 48.5 Å². The highest BCUT2D eigenvalue weighted by atomic mass is 35.5. The van der Waals surface area contributed by atoms with Crippen LogP contribution >= 0.6 is 11.6 Å². The molecule has 1 aromatic heterocycles. The second-order valence-electron chi connectivity index (χ2n) is 6.78. The van der Waals surface area contributed by atoms with Crippen molar-refractivity contribution < 1.29 is 4.79 Å². The number of amides is 1. The molecule has 1 aliphatic heterocycles. The van der Waals surface area contributed by atoms with Gasteiger partial charge in [-0.25, -0.2) is 0 Å². The lowest BCUT2D eigenvalue weighted by molar-refractivity contribution is -0.132. The van der Waals surface area contributed by atoms with Gasteiger partial charge in [0.05, 0.1) is 10.7 Å². The van der Waals surface area contributed by atoms with Crippen molar-refractivity contribution in [1.29, 1.82) is 0 Å². The van der Waals surface area contributed by atoms with Gasteiger partial charge >= 0.3 is 0 Å². The van der Waals surface area contributed by atoms with E-state index in [0.717, 1.165) is 34.9 Å². The highest BCUT2D eigenvalue weighted by Crippen LogP contribution is 2.26. The maximum Gasteiger partial charge on any atom is 0.246 e. The number of halogens is 1. The molecule has 0 N–H and O–H groups in total. The first-order valence-electron chi connectivity index (χ1n) is 9.23. The Morgan fingerprint density at radius 2 is 1.75 bits per heavy atom. The lowest BCUT2D eigenvalue weighted by atomic mass is 10.1. The number of hydrogen-bond donors (Lipinski definition) is 0. The molecule has 1 aliphatic rings. The number of carbonyl (C=O) groups is 1. The van der Waals surface area contributed by atoms with E-state index < -0.39 is 0 Å². The first-order valence-corrected chi connectivity index (χ1v) is 9.60. The Labute approximate surface area is 168 Å². The number of anilines is 1. The van der Waals surface area contributed by atoms with Gasteiger partial charge in [-0.2, -0.15) is 4.80 Å². The van der Waals surface area contributed by atoms with Gasteiger partial charge in [-0.3, -0.25) is 4.79 Å². The van der Waals surface area contributed by atoms with Crippen molar-refractivity contribution in [2.75, 3.05) is 31.1 Å². The van der Waals surface area contributed by atoms with E-state index in [1.807, 2.05) is 60.4 Å². The molecule has 28 heavy (non-hydrogen) atoms. The van der Waals surface area contributed by atoms with Crippen molar-refractivity contribution in [2.24, 2.45) is 0 Å². The second-order valence-corrected chi connectivity index (χ2v) is 7.18. The summed E-state index contributed by atoms with van der Waals surface area (Å²) in [4.78, 5) is 18.1. The van der Waals surface area contributed by atoms with Crippen molar-refractivity contribution in [1.82, 2.24) is 25.1 Å². The molecule has 0 spiro atoms. The van der Waals surface area contributed by atoms with E-state index in [0.29, 0.717) is 18.9 Å². The van der Waals surface area contributed by atoms with Gasteiger partial charge in [-0.15, -0.1) is 10.2 Å². The molecule has 144 valence electrons. The number of tetrazole rings is 1. The van der Waals surface area contributed by atoms with Gasteiger partial charge in [-0.05, 0) is 29.8 Å². The van der Waals surface area contributed by atoms with Crippen molar-refractivity contribution in [2.45, 2.75) is 13.5 Å². The number of aromatic nitrogens is 4. The van der Waals surface area contributed by atoms with Gasteiger partial charge < -0.3 is 9.80 Å². The zero-order chi connectivity index (χ0) is 19.5. The third-order valence-corrected chi connectivity index (χ3v) is 5.26. The normalized spacial score (nSPS) is 14.4. The maximum atomic E-state index is 12.6. The molecular formula is C20H21ClN6O. The molecule has 7 nitrogen and oxygen atoms in total. The first kappa shape index (κ1) is 18.4. The summed E-state index contributed by atoms with van der Waals surface area (Å²) in [6.45, 7) is 4.86. The Bertz CT molecular complexity index is 980. The maximum absolute atomic E-state index is 12.6. The van der Waals surface area contributed by atoms with Crippen molar-refractivity contribution in [3.63, 3.8) is 0 Å². The molecule has 4 rings (SSSR count). The molecule has 8 heteroatoms. The number of para-hydroxylation sites is 1. The molecule has 2 heterocycles. The Morgan fingerprint density at radius 3 is 2.50 bits per heavy atom. The lowest BCUT2D eigenvalue weighted by Crippen LogP contribution is -2.49. The Balaban J connectivity index is 1.37. The molecule has 2 aromatic carbocycles. The summed E-state index contributed by atoms with van der Waals surface area (Å²) in [6.07, 6.45) is 0. The fourth-order valence-electron chi connectivity index (χ4n) is 3.37. The summed E-state index contributed by atoms with van der Waals surface area (Å²) < 4.78 is 0. The predicted octanol–water partition coefficient (Wildman–Crippen LogP) is 2.65. The van der Waals surface area contributed by atoms with Gasteiger partial charge in [0.25, 0.3) is 0 Å². The van der Waals surface area contributed by atoms with E-state index in [2.05, 4.69) is 20.3 Å². The standard InChI is InChI=1S/C20H21ClN6O/c1-15-6-2-3-7-16(15)20-22-24-27(23-20)14-19(28)26-12-10-25(11-13-26)18-9-5-4-8-17(18)21/h2-9H,10-14H2,1H3. The summed E-state index contributed by atoms with van der Waals surface area (Å²) in [5.41, 5.74) is 3.01. The highest BCUT2D eigenvalue weighted by Gasteiger charge is 2.23. The molecule has 1 saturated heterocycles. The van der Waals surface area contributed by atoms with E-state index in [4.69, 9.17) is 11.6 Å². The van der Waals surface area contributed by atoms with E-state index >= 15 is 0 Å². The van der Waals surface area contributed by atoms with Crippen molar-refractivity contribution in [3.8, 4) is 11.4 Å². The van der Waals surface area contributed by atoms with Crippen LogP contribution < -0.4 is 4.90 Å². The van der Waals surface area contributed by atoms with Crippen molar-refractivity contribution in [3.05, 3.63) is 59.1 Å². The molecule has 0 aliphatic carbocycles. The Hall–Kier alpha value is -2.93. The van der Waals surface area contributed by atoms with Crippen LogP contribution in [0.5, 0.6) is 0 Å². The number of rotatable bonds is 4. The van der Waals surface area contributed by atoms with Crippen LogP contribution in [0.3, 0.4) is 0 Å². The minimum Gasteiger partial charge on any atom is -0.367 e. The molecule has 0 atom stereocenters. The summed E-state index contributed by atoms with van der Waals surface area (Å²) >= 11 is 6.28. The summed E-state index contributed by atoms with van der Waals surface area (Å²) in [5.74, 6) is 0.530. The van der Waals surface area contributed by atoms with Crippen LogP contribution in [0, 0.1) is 6.92 Å². The number of benzene rings is 2. The van der Waals surface area contributed by atoms with Gasteiger partial charge in [0, 0.05) is 31.7 Å². The summed E-state index contributed by atoms with van der Waals surface area (Å²) in [5, 5.41) is 13.2. The molecule has 0 unspecified atom stereocenters. The molecule has 0 bridgehead atoms. The van der Waals surface area contributed by atoms with Crippen LogP contribution in [-0.4, -0.2) is 57.2 Å². The predicted molar refractivity (Wildman–Crippen MR) is 108 cm³/mol. The lowest BCUT2D eigenvalue weighted by Gasteiger charge is -2.36. The SMILES string of the molecule is Cc1ccccc1-c1nnn(CC(=O)N2CCN(c3ccccc3Cl)CC2)n1. The molecular weight excluding hydrogens is 376 g/mol. The monoisotopic (exact) mass is 396 g/mol. The van der Waals surface area contributed by atoms with Crippen LogP contribution in [0.25, 0.3) is 11.4 Å². The van der Waals surface area contributed by atoms with Gasteiger partial charge in [-0.1, -0.05) is 48.0 Å². The molecule has 1 fully saturated rings. The topological polar surface area (TPSA) is 67.2 Å². The quantitative estimate of drug-likeness (QED) is 0.678. The average Bonchev–Trinajstić information content (AvgIpc) is 3.17. The largest absolute Gasteiger partial charge is 0.367 e. The minimum absolute atomic E-state index is 0.00691. The van der Waals surface area contributed by atoms with Crippen LogP contribution in [0.4, 0.5) is 5.69 Å². The van der Waals surface area contributed by atoms with Crippen LogP contribution in [0.2, 0.25) is 5.02 Å². The number of piperazine rings is 1. The van der Waals surface area contributed by atoms with Crippen molar-refractivity contribution >= 4 is 23.2 Å². The molecule has 0 saturated carbocycles. The van der Waals surface area contributed by atoms with Gasteiger partial charge in [0.15, 0.2) is 0 Å². The zero-order valence-electron chi connectivity index (χ0n) is 15.6. The number of nitrogens with zero attached hydrogens (tertiary/aromatic N) is 6. The van der Waals surface area contributed by atoms with E-state index in [-0.39, 0.29) is 12.5 Å². The van der Waals surface area contributed by atoms with Gasteiger partial charge in [0.2, 0.25) is 11.7 Å². The smallest absolute Gasteiger partial charge is 0.246 e. The second kappa shape index (κ2) is 7.98. The summed E-state index contributed by atoms with van der Waals surface area (Å²) in [6, 6.07) is 15.6. The summed E-state index contributed by atoms with van der Waals surface area (Å²) in [7, 11) is 0. The van der Waals surface area contributed by atoms with E-state index in [1.165, 1.54) is 4.80 Å². The average molecular weight is 397 g/mol. The number of carbonyl (C=O) groups excluding carboxylic acids is 1. The number of aryl methyl sites for hydroxylation is 1. The third-order valence-electron chi connectivity index (χ3n) is 4.94. The molecule has 0 radical (unpaired) electrons. The number of hydrogen-bond acceptors (Lipinski definition) is 5. The molecule has 1 amide bonds. The van der Waals surface area contributed by atoms with E-state index in [1.54, 1.807) is 0 Å². The zero-order valence-corrected chi connectivity index (χ0v) is 16.4. The first-order chi connectivity index (χ1) is 13.6. The van der Waals surface area contributed by atoms with Crippen LogP contribution in [-0.2, 0) is 11.3 Å². The highest BCUT2D eigenvalue weighted by molar-refractivity contribution is 6.33. The van der Waals surface area contributed by atoms with Gasteiger partial charge in [0.1, 0.15) is 6.54 Å². The van der Waals surface area contributed by atoms with E-state index in [9.17, 15) is 4.79 Å². The fraction of sp³-hybridized carbons (Fsp3) is 0.300. The third kappa shape index (κ3) is 3.84. The van der Waals surface area contributed by atoms with Crippen LogP contribution in [0.1, 0.15) is 5.56 Å². The molecule has 3 aromatic rings. The Kier molecular flexibility index (Phi) is 5.25.